The Morgan fingerprint density at radius 2 is 0.946 bits per heavy atom. The maximum Gasteiger partial charge on any atom is 0.304 e. The summed E-state index contributed by atoms with van der Waals surface area (Å²) in [6, 6.07) is 31.7. The normalized spacial score (nSPS) is 22.1. The zero-order valence-corrected chi connectivity index (χ0v) is 76.2. The Labute approximate surface area is 760 Å². The van der Waals surface area contributed by atoms with Gasteiger partial charge in [0.05, 0.1) is 31.3 Å². The van der Waals surface area contributed by atoms with Crippen LogP contribution in [0.1, 0.15) is 126 Å². The number of hydrogen-bond donors (Lipinski definition) is 10. The van der Waals surface area contributed by atoms with Crippen molar-refractivity contribution in [2.45, 2.75) is 185 Å². The van der Waals surface area contributed by atoms with Crippen LogP contribution in [0.5, 0.6) is 11.5 Å². The van der Waals surface area contributed by atoms with Crippen molar-refractivity contribution in [1.82, 2.24) is 56.4 Å². The number of aliphatic carboxylic acids is 1. The van der Waals surface area contributed by atoms with Crippen LogP contribution >= 0.6 is 23.1 Å². The van der Waals surface area contributed by atoms with Crippen LogP contribution in [0.3, 0.4) is 0 Å². The van der Waals surface area contributed by atoms with Crippen LogP contribution in [0.2, 0.25) is 0 Å². The Kier molecular flexibility index (Phi) is 39.1. The number of aromatic hydroxyl groups is 2. The van der Waals surface area contributed by atoms with Gasteiger partial charge in [0.15, 0.2) is 11.6 Å². The molecule has 0 saturated carbocycles. The van der Waals surface area contributed by atoms with E-state index in [4.69, 9.17) is 5.73 Å². The lowest BCUT2D eigenvalue weighted by Crippen LogP contribution is -2.59. The Morgan fingerprint density at radius 3 is 1.50 bits per heavy atom. The van der Waals surface area contributed by atoms with Crippen LogP contribution in [0, 0.1) is 23.7 Å². The van der Waals surface area contributed by atoms with Gasteiger partial charge in [-0.3, -0.25) is 76.7 Å². The number of ketones is 3. The summed E-state index contributed by atoms with van der Waals surface area (Å²) in [5, 5.41) is 50.4. The summed E-state index contributed by atoms with van der Waals surface area (Å²) in [5.41, 5.74) is 8.73. The van der Waals surface area contributed by atoms with Crippen molar-refractivity contribution in [3.8, 4) is 11.5 Å². The fourth-order valence-corrected chi connectivity index (χ4v) is 17.4. The van der Waals surface area contributed by atoms with Crippen LogP contribution < -0.4 is 37.6 Å². The molecule has 31 nitrogen and oxygen atoms in total. The monoisotopic (exact) mass is 1810 g/mol. The third-order valence-electron chi connectivity index (χ3n) is 22.9. The maximum atomic E-state index is 15.5. The molecule has 690 valence electrons. The molecule has 33 heteroatoms. The molecule has 0 aliphatic carbocycles. The Morgan fingerprint density at radius 1 is 0.473 bits per heavy atom. The summed E-state index contributed by atoms with van der Waals surface area (Å²) < 4.78 is 0.829. The molecule has 7 aromatic rings. The van der Waals surface area contributed by atoms with E-state index in [0.29, 0.717) is 46.2 Å². The van der Waals surface area contributed by atoms with E-state index < -0.39 is 217 Å². The van der Waals surface area contributed by atoms with Gasteiger partial charge in [-0.25, -0.2) is 0 Å². The van der Waals surface area contributed by atoms with Crippen molar-refractivity contribution in [3.63, 3.8) is 0 Å². The number of hydrogen-bond acceptors (Lipinski definition) is 20. The lowest BCUT2D eigenvalue weighted by molar-refractivity contribution is -0.151. The van der Waals surface area contributed by atoms with Crippen molar-refractivity contribution in [3.05, 3.63) is 203 Å². The molecule has 2 heterocycles. The van der Waals surface area contributed by atoms with Crippen LogP contribution in [-0.2, 0) is 115 Å². The number of Topliss-reactive ketones (excluding diaryl/α,β-unsaturated/α-hetero) is 3. The first-order valence-electron chi connectivity index (χ1n) is 43.3. The third kappa shape index (κ3) is 31.1. The molecule has 129 heavy (non-hydrogen) atoms. The largest absolute Gasteiger partial charge is 0.508 e. The second-order valence-electron chi connectivity index (χ2n) is 33.8. The molecule has 0 radical (unpaired) electrons. The summed E-state index contributed by atoms with van der Waals surface area (Å²) in [6.45, 7) is 7.26. The van der Waals surface area contributed by atoms with E-state index in [-0.39, 0.29) is 74.5 Å². The highest BCUT2D eigenvalue weighted by Crippen LogP contribution is 2.30. The van der Waals surface area contributed by atoms with Crippen LogP contribution in [0.4, 0.5) is 0 Å². The minimum atomic E-state index is -1.57. The van der Waals surface area contributed by atoms with Crippen LogP contribution in [-0.4, -0.2) is 248 Å². The van der Waals surface area contributed by atoms with Gasteiger partial charge in [0.2, 0.25) is 70.9 Å². The van der Waals surface area contributed by atoms with Crippen LogP contribution in [0.25, 0.3) is 10.1 Å². The van der Waals surface area contributed by atoms with Crippen molar-refractivity contribution < 1.29 is 92.0 Å². The molecule has 1 aliphatic rings. The predicted molar refractivity (Wildman–Crippen MR) is 489 cm³/mol. The number of amides is 12. The topological polar surface area (TPSA) is 448 Å². The van der Waals surface area contributed by atoms with E-state index in [1.54, 1.807) is 130 Å². The number of nitrogens with one attached hydrogen (secondary N) is 6. The number of unbranched alkanes of at least 4 members (excludes halogenated alkanes) is 1. The average molecular weight is 1810 g/mol. The smallest absolute Gasteiger partial charge is 0.304 e. The first-order valence-corrected chi connectivity index (χ1v) is 45.3. The molecule has 8 rings (SSSR count). The molecule has 0 bridgehead atoms. The highest BCUT2D eigenvalue weighted by molar-refractivity contribution is 8.00. The number of thiophene rings is 1. The Balaban J connectivity index is 1.21. The molecule has 1 aliphatic heterocycles. The molecular formula is C96H120N12O19S2. The lowest BCUT2D eigenvalue weighted by atomic mass is 9.83. The standard InChI is InChI=1S/C96H120N12O19S2/c1-11-12-31-78-95(126)104(6)53-69(111)49-65(51-87(117)118)82(113)52-71(59(4)5)92(123)107(9)79(47-61-26-18-14-19-27-61)91(122)102-75(46-64-35-39-68(110)40-36-64)93(124)105(7)54-85(115)98-74(50-66-55-129-83-32-23-22-30-70(66)83)90(121)101-73(44-63-33-37-67(109)38-34-63)89(120)100-72(43-58(2)3)88(119)103-77(81(112)41-42-84(97)114)56-128-57-86(116)99-76(45-60-24-16-13-17-25-60)94(125)108(10)80(96(127)106(78)8)48-62-28-20-15-21-29-62/h13-30,32-40,55,58-59,65,71-80,109-110H,11-12,31,41-54,56-57H2,1-10H3,(H2,97,114)(H,98,115)(H,99,116)(H,100,120)(H,101,121)(H,102,122)(H,103,119)(H,117,118)/t65-,71-,72-,73-,74-,75-,76-,77-,78-,79-,80-/m0/s1. The molecule has 0 unspecified atom stereocenters. The number of phenolic OH excluding ortho intramolecular Hbond substituents is 2. The van der Waals surface area contributed by atoms with E-state index in [0.717, 1.165) is 36.5 Å². The summed E-state index contributed by atoms with van der Waals surface area (Å²) in [4.78, 5) is 241. The van der Waals surface area contributed by atoms with Crippen molar-refractivity contribution in [2.24, 2.45) is 29.4 Å². The van der Waals surface area contributed by atoms with Gasteiger partial charge in [-0.15, -0.1) is 23.1 Å². The van der Waals surface area contributed by atoms with Gasteiger partial charge < -0.3 is 77.5 Å². The number of phenols is 2. The fraction of sp³-hybridized carbons (Fsp3) is 0.438. The SMILES string of the molecule is CCCC[C@H]1C(=O)N(C)CC(=O)C[C@@H](CC(=O)O)C(=O)C[C@@H](C(C)C)C(=O)N(C)[C@@H](Cc2ccccc2)C(=O)N[C@@H](Cc2ccc(O)cc2)C(=O)N(C)CC(=O)N[C@@H](Cc2csc3ccccc23)C(=O)N[C@@H](Cc2ccc(O)cc2)C(=O)N[C@@H](CC(C)C)C(=O)N[C@H](C(=O)CCC(N)=O)CSCC(=O)N[C@@H](Cc2ccccc2)C(=O)N(C)[C@@H](Cc2ccccc2)C(=O)N1C. The summed E-state index contributed by atoms with van der Waals surface area (Å²) in [5.74, 6) is -18.3. The van der Waals surface area contributed by atoms with Gasteiger partial charge in [-0.2, -0.15) is 0 Å². The number of nitrogens with zero attached hydrogens (tertiary/aromatic N) is 5. The summed E-state index contributed by atoms with van der Waals surface area (Å²) in [6.07, 6.45) is -3.26. The fourth-order valence-electron chi connectivity index (χ4n) is 15.5. The second-order valence-corrected chi connectivity index (χ2v) is 35.8. The Bertz CT molecular complexity index is 5060. The zero-order chi connectivity index (χ0) is 94.3. The van der Waals surface area contributed by atoms with Crippen molar-refractivity contribution in [1.29, 1.82) is 0 Å². The zero-order valence-electron chi connectivity index (χ0n) is 74.6. The molecule has 1 fully saturated rings. The number of likely N-dealkylation sites (N-methyl/N-ethyl adjacent to an activating group) is 5. The van der Waals surface area contributed by atoms with Gasteiger partial charge in [-0.05, 0) is 99.2 Å². The van der Waals surface area contributed by atoms with E-state index >= 15 is 43.2 Å². The van der Waals surface area contributed by atoms with Gasteiger partial charge in [0, 0.05) is 122 Å². The highest BCUT2D eigenvalue weighted by atomic mass is 32.2. The quantitative estimate of drug-likeness (QED) is 0.0309. The minimum Gasteiger partial charge on any atom is -0.508 e. The molecule has 1 saturated heterocycles. The average Bonchev–Trinajstić information content (AvgIpc) is 1.50. The number of primary amides is 1. The van der Waals surface area contributed by atoms with Crippen molar-refractivity contribution >= 4 is 127 Å². The van der Waals surface area contributed by atoms with E-state index in [9.17, 15) is 48.9 Å². The molecule has 11 atom stereocenters. The molecular weight excluding hydrogens is 1690 g/mol. The second kappa shape index (κ2) is 49.6. The molecule has 6 aromatic carbocycles. The van der Waals surface area contributed by atoms with Gasteiger partial charge in [-0.1, -0.05) is 181 Å². The number of carbonyl (C=O) groups is 16. The third-order valence-corrected chi connectivity index (χ3v) is 24.9. The van der Waals surface area contributed by atoms with Crippen molar-refractivity contribution in [2.75, 3.05) is 59.8 Å². The molecule has 12 amide bonds. The predicted octanol–water partition coefficient (Wildman–Crippen LogP) is 6.47. The number of benzene rings is 6. The summed E-state index contributed by atoms with van der Waals surface area (Å²) in [7, 11) is 6.73. The van der Waals surface area contributed by atoms with E-state index in [1.165, 1.54) is 105 Å². The molecule has 11 N–H and O–H groups in total. The van der Waals surface area contributed by atoms with Gasteiger partial charge in [0.1, 0.15) is 65.6 Å². The van der Waals surface area contributed by atoms with Crippen LogP contribution in [0.15, 0.2) is 169 Å². The maximum absolute atomic E-state index is 15.5. The number of carboxylic acid groups (broad SMARTS) is 1. The first-order chi connectivity index (χ1) is 61.4. The van der Waals surface area contributed by atoms with Gasteiger partial charge >= 0.3 is 5.97 Å². The minimum absolute atomic E-state index is 0.0622. The number of fused-ring (bicyclic) bond motifs is 1. The first kappa shape index (κ1) is 102. The number of rotatable bonds is 24. The summed E-state index contributed by atoms with van der Waals surface area (Å²) >= 11 is 2.24. The van der Waals surface area contributed by atoms with Gasteiger partial charge in [0.25, 0.3) is 0 Å². The number of carboxylic acids is 1. The molecule has 1 aromatic heterocycles. The number of carbonyl (C=O) groups excluding carboxylic acids is 15. The van der Waals surface area contributed by atoms with E-state index in [1.807, 2.05) is 25.1 Å². The number of thioether (sulfide) groups is 1. The van der Waals surface area contributed by atoms with E-state index in [2.05, 4.69) is 31.9 Å². The Hall–Kier alpha value is -12.7. The number of nitrogens with two attached hydrogens (primary N) is 1. The highest BCUT2D eigenvalue weighted by Gasteiger charge is 2.42. The molecule has 0 spiro atoms. The lowest BCUT2D eigenvalue weighted by Gasteiger charge is -2.37.